The van der Waals surface area contributed by atoms with Gasteiger partial charge in [0.05, 0.1) is 12.1 Å². The fourth-order valence-corrected chi connectivity index (χ4v) is 1.28. The SMILES string of the molecule is [B]C1=CN(CC(C)(C)O)C(=O)CC1. The van der Waals surface area contributed by atoms with Gasteiger partial charge in [0.15, 0.2) is 0 Å². The molecule has 0 spiro atoms. The van der Waals surface area contributed by atoms with Crippen LogP contribution >= 0.6 is 0 Å². The standard InChI is InChI=1S/C9H14BNO2/c1-9(2,13)6-11-5-7(10)3-4-8(11)12/h5,13H,3-4,6H2,1-2H3. The van der Waals surface area contributed by atoms with Crippen molar-refractivity contribution in [3.8, 4) is 0 Å². The molecule has 0 fully saturated rings. The van der Waals surface area contributed by atoms with Crippen LogP contribution in [-0.2, 0) is 4.79 Å². The van der Waals surface area contributed by atoms with E-state index < -0.39 is 5.60 Å². The Hall–Kier alpha value is -0.765. The summed E-state index contributed by atoms with van der Waals surface area (Å²) in [6.07, 6.45) is 2.68. The zero-order valence-corrected chi connectivity index (χ0v) is 8.08. The second-order valence-corrected chi connectivity index (χ2v) is 4.04. The van der Waals surface area contributed by atoms with Crippen LogP contribution in [0.5, 0.6) is 0 Å². The van der Waals surface area contributed by atoms with Crippen molar-refractivity contribution >= 4 is 13.8 Å². The zero-order valence-electron chi connectivity index (χ0n) is 8.08. The summed E-state index contributed by atoms with van der Waals surface area (Å²) in [5, 5.41) is 9.51. The van der Waals surface area contributed by atoms with Gasteiger partial charge in [0, 0.05) is 6.42 Å². The van der Waals surface area contributed by atoms with Gasteiger partial charge in [0.25, 0.3) is 0 Å². The number of β-amino-alcohol motifs (C(OH)–C–C–N with tert-alkyl or cyclic N) is 1. The van der Waals surface area contributed by atoms with E-state index in [1.54, 1.807) is 20.0 Å². The van der Waals surface area contributed by atoms with E-state index in [4.69, 9.17) is 7.85 Å². The average molecular weight is 179 g/mol. The van der Waals surface area contributed by atoms with Crippen molar-refractivity contribution in [2.45, 2.75) is 32.3 Å². The predicted octanol–water partition coefficient (Wildman–Crippen LogP) is 0.390. The monoisotopic (exact) mass is 179 g/mol. The topological polar surface area (TPSA) is 40.5 Å². The molecule has 70 valence electrons. The average Bonchev–Trinajstić information content (AvgIpc) is 1.94. The number of hydrogen-bond acceptors (Lipinski definition) is 2. The molecule has 0 aromatic heterocycles. The lowest BCUT2D eigenvalue weighted by Gasteiger charge is -2.29. The molecule has 1 aliphatic rings. The first-order valence-electron chi connectivity index (χ1n) is 4.36. The highest BCUT2D eigenvalue weighted by Gasteiger charge is 2.23. The van der Waals surface area contributed by atoms with Crippen molar-refractivity contribution in [1.29, 1.82) is 0 Å². The first kappa shape index (κ1) is 10.3. The molecule has 0 aliphatic carbocycles. The summed E-state index contributed by atoms with van der Waals surface area (Å²) in [5.74, 6) is 0.0244. The van der Waals surface area contributed by atoms with Crippen LogP contribution < -0.4 is 0 Å². The van der Waals surface area contributed by atoms with Crippen molar-refractivity contribution in [3.05, 3.63) is 11.7 Å². The van der Waals surface area contributed by atoms with E-state index in [9.17, 15) is 9.90 Å². The van der Waals surface area contributed by atoms with Crippen LogP contribution in [0.2, 0.25) is 0 Å². The van der Waals surface area contributed by atoms with Crippen molar-refractivity contribution in [3.63, 3.8) is 0 Å². The minimum Gasteiger partial charge on any atom is -0.389 e. The van der Waals surface area contributed by atoms with Gasteiger partial charge in [-0.15, -0.1) is 5.47 Å². The maximum absolute atomic E-state index is 11.3. The molecule has 1 aliphatic heterocycles. The number of aliphatic hydroxyl groups is 1. The molecule has 0 aromatic rings. The second-order valence-electron chi connectivity index (χ2n) is 4.04. The van der Waals surface area contributed by atoms with Crippen LogP contribution in [0.15, 0.2) is 11.7 Å². The summed E-state index contributed by atoms with van der Waals surface area (Å²) in [5.41, 5.74) is -0.173. The summed E-state index contributed by atoms with van der Waals surface area (Å²) < 4.78 is 0. The summed E-state index contributed by atoms with van der Waals surface area (Å²) in [6.45, 7) is 3.63. The Balaban J connectivity index is 2.67. The van der Waals surface area contributed by atoms with Gasteiger partial charge in [0.2, 0.25) is 5.91 Å². The molecule has 1 rings (SSSR count). The number of carbonyl (C=O) groups excluding carboxylic acids is 1. The molecular formula is C9H14BNO2. The van der Waals surface area contributed by atoms with E-state index in [1.165, 1.54) is 4.90 Å². The Morgan fingerprint density at radius 3 is 2.77 bits per heavy atom. The minimum atomic E-state index is -0.871. The molecule has 3 nitrogen and oxygen atoms in total. The molecule has 0 saturated heterocycles. The third-order valence-electron chi connectivity index (χ3n) is 1.83. The molecule has 0 unspecified atom stereocenters. The largest absolute Gasteiger partial charge is 0.389 e. The van der Waals surface area contributed by atoms with Crippen LogP contribution in [0.3, 0.4) is 0 Å². The molecule has 0 atom stereocenters. The normalized spacial score (nSPS) is 18.8. The smallest absolute Gasteiger partial charge is 0.226 e. The summed E-state index contributed by atoms with van der Waals surface area (Å²) >= 11 is 0. The first-order chi connectivity index (χ1) is 5.88. The Labute approximate surface area is 79.8 Å². The van der Waals surface area contributed by atoms with Crippen LogP contribution in [-0.4, -0.2) is 35.9 Å². The van der Waals surface area contributed by atoms with E-state index in [-0.39, 0.29) is 5.91 Å². The predicted molar refractivity (Wildman–Crippen MR) is 51.1 cm³/mol. The van der Waals surface area contributed by atoms with Gasteiger partial charge in [-0.1, -0.05) is 0 Å². The Morgan fingerprint density at radius 1 is 1.62 bits per heavy atom. The first-order valence-corrected chi connectivity index (χ1v) is 4.36. The van der Waals surface area contributed by atoms with Crippen LogP contribution in [0.4, 0.5) is 0 Å². The lowest BCUT2D eigenvalue weighted by molar-refractivity contribution is -0.131. The van der Waals surface area contributed by atoms with Gasteiger partial charge in [-0.25, -0.2) is 0 Å². The number of hydrogen-bond donors (Lipinski definition) is 1. The third-order valence-corrected chi connectivity index (χ3v) is 1.83. The van der Waals surface area contributed by atoms with Gasteiger partial charge in [-0.2, -0.15) is 0 Å². The van der Waals surface area contributed by atoms with Crippen LogP contribution in [0.25, 0.3) is 0 Å². The van der Waals surface area contributed by atoms with Gasteiger partial charge in [-0.3, -0.25) is 4.79 Å². The molecule has 0 saturated carbocycles. The lowest BCUT2D eigenvalue weighted by atomic mass is 9.89. The minimum absolute atomic E-state index is 0.0244. The van der Waals surface area contributed by atoms with E-state index in [0.717, 1.165) is 0 Å². The molecule has 4 heteroatoms. The second kappa shape index (κ2) is 3.54. The van der Waals surface area contributed by atoms with Crippen molar-refractivity contribution in [2.24, 2.45) is 0 Å². The van der Waals surface area contributed by atoms with Crippen LogP contribution in [0.1, 0.15) is 26.7 Å². The van der Waals surface area contributed by atoms with Gasteiger partial charge in [-0.05, 0) is 26.5 Å². The van der Waals surface area contributed by atoms with Crippen molar-refractivity contribution in [1.82, 2.24) is 4.90 Å². The fraction of sp³-hybridized carbons (Fsp3) is 0.667. The third kappa shape index (κ3) is 3.23. The van der Waals surface area contributed by atoms with E-state index in [1.807, 2.05) is 0 Å². The van der Waals surface area contributed by atoms with Crippen LogP contribution in [0, 0.1) is 0 Å². The van der Waals surface area contributed by atoms with E-state index in [0.29, 0.717) is 24.9 Å². The number of nitrogens with zero attached hydrogens (tertiary/aromatic N) is 1. The molecule has 1 heterocycles. The maximum Gasteiger partial charge on any atom is 0.226 e. The molecule has 0 aromatic carbocycles. The van der Waals surface area contributed by atoms with Crippen molar-refractivity contribution in [2.75, 3.05) is 6.54 Å². The highest BCUT2D eigenvalue weighted by atomic mass is 16.3. The quantitative estimate of drug-likeness (QED) is 0.623. The molecule has 2 radical (unpaired) electrons. The van der Waals surface area contributed by atoms with Gasteiger partial charge in [0.1, 0.15) is 7.85 Å². The maximum atomic E-state index is 11.3. The highest BCUT2D eigenvalue weighted by Crippen LogP contribution is 2.15. The highest BCUT2D eigenvalue weighted by molar-refractivity contribution is 6.22. The van der Waals surface area contributed by atoms with Gasteiger partial charge >= 0.3 is 0 Å². The Bertz CT molecular complexity index is 242. The summed E-state index contributed by atoms with van der Waals surface area (Å²) in [6, 6.07) is 0. The number of amides is 1. The molecule has 1 amide bonds. The van der Waals surface area contributed by atoms with E-state index >= 15 is 0 Å². The summed E-state index contributed by atoms with van der Waals surface area (Å²) in [4.78, 5) is 12.8. The van der Waals surface area contributed by atoms with E-state index in [2.05, 4.69) is 0 Å². The Morgan fingerprint density at radius 2 is 2.23 bits per heavy atom. The number of allylic oxidation sites excluding steroid dienone is 1. The molecule has 1 N–H and O–H groups in total. The molecular weight excluding hydrogens is 165 g/mol. The number of carbonyl (C=O) groups is 1. The lowest BCUT2D eigenvalue weighted by Crippen LogP contribution is -2.40. The summed E-state index contributed by atoms with van der Waals surface area (Å²) in [7, 11) is 5.59. The van der Waals surface area contributed by atoms with Crippen molar-refractivity contribution < 1.29 is 9.90 Å². The zero-order chi connectivity index (χ0) is 10.1. The fourth-order valence-electron chi connectivity index (χ4n) is 1.28. The molecule has 13 heavy (non-hydrogen) atoms. The molecule has 0 bridgehead atoms. The Kier molecular flexibility index (Phi) is 2.81. The van der Waals surface area contributed by atoms with Gasteiger partial charge < -0.3 is 10.0 Å². The number of rotatable bonds is 2.